The van der Waals surface area contributed by atoms with Crippen molar-refractivity contribution in [2.45, 2.75) is 11.4 Å². The van der Waals surface area contributed by atoms with Crippen molar-refractivity contribution in [2.75, 3.05) is 12.3 Å². The van der Waals surface area contributed by atoms with Crippen LogP contribution in [0.2, 0.25) is 0 Å². The average molecular weight is 345 g/mol. The first-order valence-corrected chi connectivity index (χ1v) is 8.55. The maximum absolute atomic E-state index is 13.6. The number of amides is 2. The number of nitrogens with zero attached hydrogens (tertiary/aromatic N) is 1. The van der Waals surface area contributed by atoms with Gasteiger partial charge in [0, 0.05) is 29.3 Å². The molecule has 7 heteroatoms. The fraction of sp³-hybridized carbons (Fsp3) is 0.176. The number of benzene rings is 2. The summed E-state index contributed by atoms with van der Waals surface area (Å²) in [5.74, 6) is -0.199. The molecule has 2 aromatic carbocycles. The van der Waals surface area contributed by atoms with E-state index in [0.717, 1.165) is 0 Å². The molecular weight excluding hydrogens is 329 g/mol. The molecule has 0 bridgehead atoms. The van der Waals surface area contributed by atoms with E-state index in [1.807, 2.05) is 12.1 Å². The lowest BCUT2D eigenvalue weighted by molar-refractivity contribution is 0.241. The van der Waals surface area contributed by atoms with Crippen LogP contribution in [0.5, 0.6) is 0 Å². The minimum atomic E-state index is -1.19. The molecule has 0 unspecified atom stereocenters. The van der Waals surface area contributed by atoms with Gasteiger partial charge in [0.1, 0.15) is 5.82 Å². The normalized spacial score (nSPS) is 11.3. The number of rotatable bonds is 6. The van der Waals surface area contributed by atoms with Gasteiger partial charge in [-0.25, -0.2) is 9.18 Å². The molecule has 5 nitrogen and oxygen atoms in total. The van der Waals surface area contributed by atoms with Gasteiger partial charge in [0.2, 0.25) is 0 Å². The predicted molar refractivity (Wildman–Crippen MR) is 89.1 cm³/mol. The summed E-state index contributed by atoms with van der Waals surface area (Å²) in [6, 6.07) is 14.4. The summed E-state index contributed by atoms with van der Waals surface area (Å²) < 4.78 is 25.6. The van der Waals surface area contributed by atoms with Gasteiger partial charge in [-0.05, 0) is 30.3 Å². The van der Waals surface area contributed by atoms with E-state index < -0.39 is 22.6 Å². The molecule has 2 amide bonds. The van der Waals surface area contributed by atoms with Crippen molar-refractivity contribution in [3.63, 3.8) is 0 Å². The molecule has 0 heterocycles. The Labute approximate surface area is 142 Å². The van der Waals surface area contributed by atoms with Crippen LogP contribution in [-0.2, 0) is 17.3 Å². The van der Waals surface area contributed by atoms with E-state index in [1.54, 1.807) is 24.3 Å². The van der Waals surface area contributed by atoms with E-state index in [4.69, 9.17) is 5.26 Å². The van der Waals surface area contributed by atoms with Crippen molar-refractivity contribution in [1.82, 2.24) is 10.6 Å². The van der Waals surface area contributed by atoms with Gasteiger partial charge in [0.25, 0.3) is 0 Å². The molecule has 0 aliphatic carbocycles. The molecule has 0 aliphatic heterocycles. The summed E-state index contributed by atoms with van der Waals surface area (Å²) in [7, 11) is -1.19. The highest BCUT2D eigenvalue weighted by Crippen LogP contribution is 2.09. The summed E-state index contributed by atoms with van der Waals surface area (Å²) in [5.41, 5.74) is 0.559. The Morgan fingerprint density at radius 3 is 2.62 bits per heavy atom. The quantitative estimate of drug-likeness (QED) is 0.843. The second-order valence-electron chi connectivity index (χ2n) is 4.89. The summed E-state index contributed by atoms with van der Waals surface area (Å²) in [4.78, 5) is 12.4. The fourth-order valence-electron chi connectivity index (χ4n) is 1.97. The lowest BCUT2D eigenvalue weighted by Gasteiger charge is -2.08. The number of nitrogens with one attached hydrogen (secondary N) is 2. The van der Waals surface area contributed by atoms with Gasteiger partial charge >= 0.3 is 6.03 Å². The van der Waals surface area contributed by atoms with Crippen molar-refractivity contribution in [3.05, 3.63) is 65.5 Å². The van der Waals surface area contributed by atoms with E-state index >= 15 is 0 Å². The Hall–Kier alpha value is -2.72. The van der Waals surface area contributed by atoms with Gasteiger partial charge in [-0.3, -0.25) is 4.21 Å². The highest BCUT2D eigenvalue weighted by atomic mass is 32.2. The van der Waals surface area contributed by atoms with Crippen LogP contribution in [0, 0.1) is 17.1 Å². The first-order valence-electron chi connectivity index (χ1n) is 7.24. The Bertz CT molecular complexity index is 775. The minimum absolute atomic E-state index is 0.0328. The van der Waals surface area contributed by atoms with Crippen molar-refractivity contribution in [2.24, 2.45) is 0 Å². The van der Waals surface area contributed by atoms with E-state index in [2.05, 4.69) is 10.6 Å². The minimum Gasteiger partial charge on any atom is -0.337 e. The lowest BCUT2D eigenvalue weighted by Crippen LogP contribution is -2.37. The van der Waals surface area contributed by atoms with E-state index in [1.165, 1.54) is 18.2 Å². The van der Waals surface area contributed by atoms with Crippen molar-refractivity contribution < 1.29 is 13.4 Å². The van der Waals surface area contributed by atoms with E-state index in [-0.39, 0.29) is 24.4 Å². The van der Waals surface area contributed by atoms with Crippen molar-refractivity contribution in [1.29, 1.82) is 5.26 Å². The molecule has 0 radical (unpaired) electrons. The second-order valence-corrected chi connectivity index (χ2v) is 6.46. The molecule has 0 saturated carbocycles. The van der Waals surface area contributed by atoms with Gasteiger partial charge < -0.3 is 10.6 Å². The Morgan fingerprint density at radius 2 is 1.92 bits per heavy atom. The molecule has 0 saturated heterocycles. The number of carbonyl (C=O) groups excluding carboxylic acids is 1. The molecule has 2 rings (SSSR count). The van der Waals surface area contributed by atoms with Crippen LogP contribution in [0.3, 0.4) is 0 Å². The predicted octanol–water partition coefficient (Wildman–Crippen LogP) is 2.30. The zero-order valence-corrected chi connectivity index (χ0v) is 13.6. The third kappa shape index (κ3) is 5.18. The summed E-state index contributed by atoms with van der Waals surface area (Å²) >= 11 is 0. The lowest BCUT2D eigenvalue weighted by atomic mass is 10.1. The average Bonchev–Trinajstić information content (AvgIpc) is 2.61. The highest BCUT2D eigenvalue weighted by molar-refractivity contribution is 7.85. The summed E-state index contributed by atoms with van der Waals surface area (Å²) in [6.45, 7) is 0.197. The molecule has 0 aliphatic rings. The Morgan fingerprint density at radius 1 is 1.17 bits per heavy atom. The van der Waals surface area contributed by atoms with Gasteiger partial charge in [0.05, 0.1) is 22.4 Å². The number of hydrogen-bond acceptors (Lipinski definition) is 3. The Kier molecular flexibility index (Phi) is 6.46. The van der Waals surface area contributed by atoms with Crippen LogP contribution < -0.4 is 10.6 Å². The van der Waals surface area contributed by atoms with Crippen LogP contribution in [0.15, 0.2) is 53.4 Å². The molecule has 0 spiro atoms. The van der Waals surface area contributed by atoms with Crippen molar-refractivity contribution in [3.8, 4) is 6.07 Å². The van der Waals surface area contributed by atoms with Gasteiger partial charge in [-0.15, -0.1) is 0 Å². The zero-order valence-electron chi connectivity index (χ0n) is 12.8. The van der Waals surface area contributed by atoms with Crippen molar-refractivity contribution >= 4 is 16.8 Å². The first kappa shape index (κ1) is 17.6. The number of carbonyl (C=O) groups is 1. The molecule has 1 atom stereocenters. The number of hydrogen-bond donors (Lipinski definition) is 2. The molecule has 124 valence electrons. The van der Waals surface area contributed by atoms with E-state index in [9.17, 15) is 13.4 Å². The number of nitriles is 1. The monoisotopic (exact) mass is 345 g/mol. The maximum Gasteiger partial charge on any atom is 0.315 e. The number of halogens is 1. The summed E-state index contributed by atoms with van der Waals surface area (Å²) in [6.07, 6.45) is 0. The topological polar surface area (TPSA) is 82.0 Å². The van der Waals surface area contributed by atoms with Crippen LogP contribution >= 0.6 is 0 Å². The second kappa shape index (κ2) is 8.79. The van der Waals surface area contributed by atoms with Crippen LogP contribution in [0.25, 0.3) is 0 Å². The van der Waals surface area contributed by atoms with Gasteiger partial charge in [-0.2, -0.15) is 5.26 Å². The smallest absolute Gasteiger partial charge is 0.315 e. The van der Waals surface area contributed by atoms with Crippen LogP contribution in [0.1, 0.15) is 11.1 Å². The van der Waals surface area contributed by atoms with E-state index in [0.29, 0.717) is 10.5 Å². The fourth-order valence-corrected chi connectivity index (χ4v) is 2.95. The third-order valence-corrected chi connectivity index (χ3v) is 4.57. The SMILES string of the molecule is N#Cc1ccc(F)c(CNC(=O)NCC[S@@](=O)c2ccccc2)c1. The Balaban J connectivity index is 1.76. The van der Waals surface area contributed by atoms with Crippen LogP contribution in [0.4, 0.5) is 9.18 Å². The van der Waals surface area contributed by atoms with Gasteiger partial charge in [-0.1, -0.05) is 18.2 Å². The largest absolute Gasteiger partial charge is 0.337 e. The molecule has 2 aromatic rings. The number of urea groups is 1. The molecule has 24 heavy (non-hydrogen) atoms. The first-order chi connectivity index (χ1) is 11.6. The molecule has 0 aromatic heterocycles. The third-order valence-electron chi connectivity index (χ3n) is 3.19. The zero-order chi connectivity index (χ0) is 17.4. The molecule has 0 fully saturated rings. The molecule has 2 N–H and O–H groups in total. The molecular formula is C17H16FN3O2S. The summed E-state index contributed by atoms with van der Waals surface area (Å²) in [5, 5.41) is 13.9. The van der Waals surface area contributed by atoms with Crippen LogP contribution in [-0.4, -0.2) is 22.5 Å². The van der Waals surface area contributed by atoms with Gasteiger partial charge in [0.15, 0.2) is 0 Å². The maximum atomic E-state index is 13.6. The standard InChI is InChI=1S/C17H16FN3O2S/c18-16-7-6-13(11-19)10-14(16)12-21-17(22)20-8-9-24(23)15-4-2-1-3-5-15/h1-7,10H,8-9,12H2,(H2,20,21,22)/t24-/m1/s1. The highest BCUT2D eigenvalue weighted by Gasteiger charge is 2.07.